The van der Waals surface area contributed by atoms with Crippen molar-refractivity contribution in [3.05, 3.63) is 82.6 Å². The van der Waals surface area contributed by atoms with Crippen LogP contribution < -0.4 is 15.0 Å². The minimum Gasteiger partial charge on any atom is -0.461 e. The summed E-state index contributed by atoms with van der Waals surface area (Å²) in [7, 11) is -8.32. The van der Waals surface area contributed by atoms with E-state index in [0.717, 1.165) is 0 Å². The predicted molar refractivity (Wildman–Crippen MR) is 219 cm³/mol. The second kappa shape index (κ2) is 18.9. The van der Waals surface area contributed by atoms with Crippen molar-refractivity contribution in [1.82, 2.24) is 15.3 Å². The highest BCUT2D eigenvalue weighted by Crippen LogP contribution is 2.57. The van der Waals surface area contributed by atoms with Crippen LogP contribution in [-0.2, 0) is 49.8 Å². The van der Waals surface area contributed by atoms with Crippen LogP contribution in [0.5, 0.6) is 5.75 Å². The molecule has 2 aromatic carbocycles. The number of hydrogen-bond acceptors (Lipinski definition) is 14. The van der Waals surface area contributed by atoms with Crippen LogP contribution in [0.2, 0.25) is 0 Å². The molecule has 1 saturated heterocycles. The van der Waals surface area contributed by atoms with Crippen molar-refractivity contribution in [3.63, 3.8) is 0 Å². The number of imide groups is 1. The van der Waals surface area contributed by atoms with Gasteiger partial charge in [-0.05, 0) is 75.6 Å². The van der Waals surface area contributed by atoms with Gasteiger partial charge in [0.15, 0.2) is 5.60 Å². The molecule has 1 fully saturated rings. The first-order valence-corrected chi connectivity index (χ1v) is 23.5. The van der Waals surface area contributed by atoms with E-state index in [-0.39, 0.29) is 55.8 Å². The highest BCUT2D eigenvalue weighted by molar-refractivity contribution is 7.86. The molecule has 3 amide bonds. The number of amides is 3. The number of benzene rings is 2. The summed E-state index contributed by atoms with van der Waals surface area (Å²) in [6, 6.07) is 9.73. The lowest BCUT2D eigenvalue weighted by atomic mass is 9.71. The molecule has 2 aromatic rings. The molecule has 18 nitrogen and oxygen atoms in total. The summed E-state index contributed by atoms with van der Waals surface area (Å²) >= 11 is 0. The van der Waals surface area contributed by atoms with E-state index >= 15 is 0 Å². The Morgan fingerprint density at radius 3 is 2.25 bits per heavy atom. The van der Waals surface area contributed by atoms with Gasteiger partial charge in [-0.3, -0.25) is 28.4 Å². The average Bonchev–Trinajstić information content (AvgIpc) is 3.68. The lowest BCUT2D eigenvalue weighted by molar-refractivity contribution is -0.197. The molecule has 4 aliphatic rings. The molecule has 0 bridgehead atoms. The SMILES string of the molecule is CCN(CCCS(=O)(=O)O)c1ccc2c(c1)OC1=CC(N(CC)CCCS(=O)(=O)O)C=CC1C21OC(=O)c2ccc(C(=O)NCCCCCC(=O)ON3C(=O)CCC3=O)cc21. The van der Waals surface area contributed by atoms with E-state index in [1.807, 2.05) is 47.9 Å². The van der Waals surface area contributed by atoms with Crippen LogP contribution in [0.4, 0.5) is 5.69 Å². The van der Waals surface area contributed by atoms with Gasteiger partial charge in [-0.25, -0.2) is 9.59 Å². The summed E-state index contributed by atoms with van der Waals surface area (Å²) < 4.78 is 77.4. The third-order valence-corrected chi connectivity index (χ3v) is 12.7. The summed E-state index contributed by atoms with van der Waals surface area (Å²) in [6.07, 6.45) is 7.47. The molecule has 61 heavy (non-hydrogen) atoms. The Kier molecular flexibility index (Phi) is 14.0. The van der Waals surface area contributed by atoms with Crippen molar-refractivity contribution < 1.29 is 64.2 Å². The fraction of sp³-hybridized carbons (Fsp3) is 0.488. The molecule has 3 atom stereocenters. The lowest BCUT2D eigenvalue weighted by Crippen LogP contribution is -2.45. The molecule has 1 aliphatic carbocycles. The Morgan fingerprint density at radius 1 is 0.869 bits per heavy atom. The van der Waals surface area contributed by atoms with E-state index in [9.17, 15) is 49.9 Å². The molecular weight excluding hydrogens is 837 g/mol. The van der Waals surface area contributed by atoms with Crippen LogP contribution in [-0.4, -0.2) is 116 Å². The summed E-state index contributed by atoms with van der Waals surface area (Å²) in [5.74, 6) is -3.52. The van der Waals surface area contributed by atoms with E-state index in [1.54, 1.807) is 24.3 Å². The summed E-state index contributed by atoms with van der Waals surface area (Å²) in [5, 5.41) is 3.39. The minimum atomic E-state index is -4.17. The van der Waals surface area contributed by atoms with Gasteiger partial charge in [0, 0.05) is 79.9 Å². The van der Waals surface area contributed by atoms with Crippen molar-refractivity contribution in [2.75, 3.05) is 49.1 Å². The van der Waals surface area contributed by atoms with Gasteiger partial charge in [0.2, 0.25) is 0 Å². The first-order valence-electron chi connectivity index (χ1n) is 20.3. The highest BCUT2D eigenvalue weighted by atomic mass is 32.2. The highest BCUT2D eigenvalue weighted by Gasteiger charge is 2.58. The van der Waals surface area contributed by atoms with Crippen molar-refractivity contribution in [3.8, 4) is 5.75 Å². The van der Waals surface area contributed by atoms with Crippen molar-refractivity contribution in [2.45, 2.75) is 76.9 Å². The minimum absolute atomic E-state index is 0.00644. The zero-order chi connectivity index (χ0) is 44.1. The number of hydroxylamine groups is 2. The molecule has 20 heteroatoms. The van der Waals surface area contributed by atoms with Crippen molar-refractivity contribution >= 4 is 55.6 Å². The van der Waals surface area contributed by atoms with Gasteiger partial charge < -0.3 is 24.5 Å². The van der Waals surface area contributed by atoms with E-state index < -0.39 is 72.9 Å². The van der Waals surface area contributed by atoms with E-state index in [4.69, 9.17) is 14.3 Å². The predicted octanol–water partition coefficient (Wildman–Crippen LogP) is 3.53. The maximum Gasteiger partial charge on any atom is 0.339 e. The van der Waals surface area contributed by atoms with Gasteiger partial charge in [0.25, 0.3) is 38.0 Å². The number of ether oxygens (including phenoxy) is 2. The zero-order valence-electron chi connectivity index (χ0n) is 33.9. The number of nitrogens with one attached hydrogen (secondary N) is 1. The molecular formula is C41H50N4O14S2. The number of esters is 1. The van der Waals surface area contributed by atoms with Gasteiger partial charge in [-0.2, -0.15) is 16.8 Å². The smallest absolute Gasteiger partial charge is 0.339 e. The van der Waals surface area contributed by atoms with E-state index in [2.05, 4.69) is 5.32 Å². The van der Waals surface area contributed by atoms with Crippen LogP contribution in [0.15, 0.2) is 60.4 Å². The van der Waals surface area contributed by atoms with Crippen LogP contribution in [0.3, 0.4) is 0 Å². The molecule has 1 spiro atoms. The molecule has 330 valence electrons. The second-order valence-electron chi connectivity index (χ2n) is 15.2. The van der Waals surface area contributed by atoms with Crippen LogP contribution in [0, 0.1) is 5.92 Å². The molecule has 3 unspecified atom stereocenters. The van der Waals surface area contributed by atoms with Gasteiger partial charge >= 0.3 is 11.9 Å². The Hall–Kier alpha value is -5.15. The third-order valence-electron chi connectivity index (χ3n) is 11.1. The Balaban J connectivity index is 1.24. The normalized spacial score (nSPS) is 20.5. The van der Waals surface area contributed by atoms with E-state index in [0.29, 0.717) is 78.8 Å². The largest absolute Gasteiger partial charge is 0.461 e. The summed E-state index contributed by atoms with van der Waals surface area (Å²) in [5.41, 5.74) is 0.674. The zero-order valence-corrected chi connectivity index (χ0v) is 35.5. The Bertz CT molecular complexity index is 2330. The van der Waals surface area contributed by atoms with Gasteiger partial charge in [-0.15, -0.1) is 5.06 Å². The number of carbonyl (C=O) groups excluding carboxylic acids is 5. The van der Waals surface area contributed by atoms with Crippen molar-refractivity contribution in [1.29, 1.82) is 0 Å². The quantitative estimate of drug-likeness (QED) is 0.0566. The molecule has 3 N–H and O–H groups in total. The van der Waals surface area contributed by atoms with Gasteiger partial charge in [0.05, 0.1) is 23.0 Å². The number of likely N-dealkylation sites (N-methyl/N-ethyl adjacent to an activating group) is 1. The monoisotopic (exact) mass is 886 g/mol. The topological polar surface area (TPSA) is 244 Å². The fourth-order valence-corrected chi connectivity index (χ4v) is 9.10. The number of nitrogens with zero attached hydrogens (tertiary/aromatic N) is 3. The maximum absolute atomic E-state index is 13.8. The van der Waals surface area contributed by atoms with E-state index in [1.165, 1.54) is 6.07 Å². The van der Waals surface area contributed by atoms with Gasteiger partial charge in [-0.1, -0.05) is 25.5 Å². The number of hydrogen-bond donors (Lipinski definition) is 3. The van der Waals surface area contributed by atoms with Crippen molar-refractivity contribution in [2.24, 2.45) is 5.92 Å². The van der Waals surface area contributed by atoms with Crippen LogP contribution in [0.1, 0.15) is 97.1 Å². The fourth-order valence-electron chi connectivity index (χ4n) is 8.12. The maximum atomic E-state index is 13.8. The van der Waals surface area contributed by atoms with Gasteiger partial charge in [0.1, 0.15) is 11.5 Å². The number of unbranched alkanes of at least 4 members (excludes halogenated alkanes) is 2. The number of fused-ring (bicyclic) bond motifs is 6. The molecule has 0 saturated carbocycles. The standard InChI is InChI=1S/C41H50N4O14S2/c1-3-43(20-8-22-60(51,52)53)28-12-15-31-34(25-28)57-35-26-29(44(4-2)21-9-23-61(54,55)56)13-16-32(35)41(31)33-24-27(11-14-30(33)40(50)58-41)39(49)42-19-7-5-6-10-38(48)59-45-36(46)17-18-37(45)47/h11-16,24-26,28,31H,3-10,17-23H2,1-2H3,(H,42,49)(H,51,52,53)(H,54,55,56). The average molecular weight is 887 g/mol. The number of rotatable bonds is 20. The number of carbonyl (C=O) groups is 5. The molecule has 3 heterocycles. The Morgan fingerprint density at radius 2 is 1.57 bits per heavy atom. The lowest BCUT2D eigenvalue weighted by Gasteiger charge is -2.44. The van der Waals surface area contributed by atoms with Crippen LogP contribution >= 0.6 is 0 Å². The molecule has 6 rings (SSSR count). The van der Waals surface area contributed by atoms with Crippen LogP contribution in [0.25, 0.3) is 0 Å². The number of anilines is 1. The Labute approximate surface area is 354 Å². The summed E-state index contributed by atoms with van der Waals surface area (Å²) in [6.45, 7) is 5.75. The first kappa shape index (κ1) is 45.4. The third kappa shape index (κ3) is 10.5. The second-order valence-corrected chi connectivity index (χ2v) is 18.3. The molecule has 0 radical (unpaired) electrons. The first-order chi connectivity index (χ1) is 28.9. The molecule has 3 aliphatic heterocycles. The molecule has 0 aromatic heterocycles. The summed E-state index contributed by atoms with van der Waals surface area (Å²) in [4.78, 5) is 71.7.